The lowest BCUT2D eigenvalue weighted by molar-refractivity contribution is 0.262. The molecule has 0 spiro atoms. The summed E-state index contributed by atoms with van der Waals surface area (Å²) in [6, 6.07) is 18.2. The number of aromatic nitrogens is 2. The van der Waals surface area contributed by atoms with E-state index in [2.05, 4.69) is 15.6 Å². The van der Waals surface area contributed by atoms with Gasteiger partial charge in [0.05, 0.1) is 16.7 Å². The number of H-pyrrole nitrogens is 1. The fourth-order valence-electron chi connectivity index (χ4n) is 4.24. The van der Waals surface area contributed by atoms with Crippen molar-refractivity contribution in [1.29, 1.82) is 0 Å². The number of ether oxygens (including phenoxy) is 1. The normalized spacial score (nSPS) is 14.2. The number of para-hydroxylation sites is 1. The van der Waals surface area contributed by atoms with Crippen LogP contribution in [0.5, 0.6) is 11.5 Å². The zero-order valence-electron chi connectivity index (χ0n) is 18.1. The van der Waals surface area contributed by atoms with E-state index in [1.54, 1.807) is 12.1 Å². The molecule has 1 heterocycles. The molecule has 7 heteroatoms. The monoisotopic (exact) mass is 444 g/mol. The first-order chi connectivity index (χ1) is 16.1. The van der Waals surface area contributed by atoms with Crippen LogP contribution in [0.1, 0.15) is 43.8 Å². The molecule has 2 amide bonds. The van der Waals surface area contributed by atoms with E-state index in [-0.39, 0.29) is 5.82 Å². The second-order valence-corrected chi connectivity index (χ2v) is 8.32. The number of benzene rings is 3. The van der Waals surface area contributed by atoms with Crippen LogP contribution in [-0.2, 0) is 0 Å². The molecular weight excluding hydrogens is 419 g/mol. The molecule has 5 rings (SSSR count). The van der Waals surface area contributed by atoms with E-state index in [4.69, 9.17) is 9.72 Å². The predicted molar refractivity (Wildman–Crippen MR) is 127 cm³/mol. The number of hydrogen-bond donors (Lipinski definition) is 3. The minimum Gasteiger partial charge on any atom is -0.455 e. The molecular formula is C26H25FN4O2. The minimum absolute atomic E-state index is 0.343. The van der Waals surface area contributed by atoms with Crippen molar-refractivity contribution in [1.82, 2.24) is 9.97 Å². The lowest BCUT2D eigenvalue weighted by Crippen LogP contribution is -2.19. The number of imidazole rings is 1. The van der Waals surface area contributed by atoms with Gasteiger partial charge < -0.3 is 20.4 Å². The van der Waals surface area contributed by atoms with Crippen molar-refractivity contribution < 1.29 is 13.9 Å². The number of aromatic amines is 1. The molecule has 0 radical (unpaired) electrons. The number of carbonyl (C=O) groups excluding carboxylic acids is 1. The Morgan fingerprint density at radius 1 is 0.970 bits per heavy atom. The average molecular weight is 445 g/mol. The Balaban J connectivity index is 1.46. The number of fused-ring (bicyclic) bond motifs is 1. The number of carbonyl (C=O) groups is 1. The highest BCUT2D eigenvalue weighted by atomic mass is 19.1. The average Bonchev–Trinajstić information content (AvgIpc) is 3.25. The van der Waals surface area contributed by atoms with Crippen LogP contribution in [0.4, 0.5) is 20.6 Å². The summed E-state index contributed by atoms with van der Waals surface area (Å²) in [5, 5.41) is 5.68. The topological polar surface area (TPSA) is 79.0 Å². The molecule has 0 unspecified atom stereocenters. The van der Waals surface area contributed by atoms with Gasteiger partial charge in [-0.1, -0.05) is 37.5 Å². The summed E-state index contributed by atoms with van der Waals surface area (Å²) in [5.41, 5.74) is 2.75. The molecule has 1 fully saturated rings. The number of urea groups is 1. The van der Waals surface area contributed by atoms with Crippen molar-refractivity contribution in [3.8, 4) is 11.5 Å². The van der Waals surface area contributed by atoms with Crippen molar-refractivity contribution >= 4 is 28.4 Å². The first-order valence-corrected chi connectivity index (χ1v) is 11.2. The molecule has 0 aliphatic heterocycles. The molecule has 0 bridgehead atoms. The van der Waals surface area contributed by atoms with Crippen LogP contribution in [-0.4, -0.2) is 16.0 Å². The number of anilines is 2. The third-order valence-corrected chi connectivity index (χ3v) is 5.91. The van der Waals surface area contributed by atoms with Gasteiger partial charge in [-0.2, -0.15) is 0 Å². The molecule has 3 aromatic carbocycles. The van der Waals surface area contributed by atoms with Crippen LogP contribution < -0.4 is 15.4 Å². The van der Waals surface area contributed by atoms with Gasteiger partial charge in [-0.05, 0) is 55.3 Å². The molecule has 0 saturated heterocycles. The van der Waals surface area contributed by atoms with Crippen LogP contribution in [0.15, 0.2) is 66.7 Å². The van der Waals surface area contributed by atoms with Crippen LogP contribution in [0.25, 0.3) is 11.0 Å². The van der Waals surface area contributed by atoms with E-state index in [1.165, 1.54) is 31.4 Å². The Morgan fingerprint density at radius 3 is 2.48 bits per heavy atom. The maximum Gasteiger partial charge on any atom is 0.323 e. The number of amides is 2. The van der Waals surface area contributed by atoms with E-state index in [0.717, 1.165) is 29.7 Å². The van der Waals surface area contributed by atoms with Gasteiger partial charge in [0.15, 0.2) is 5.75 Å². The molecule has 1 aliphatic rings. The number of rotatable bonds is 5. The zero-order chi connectivity index (χ0) is 22.6. The van der Waals surface area contributed by atoms with Gasteiger partial charge in [-0.3, -0.25) is 0 Å². The first kappa shape index (κ1) is 21.0. The van der Waals surface area contributed by atoms with E-state index in [1.807, 2.05) is 42.5 Å². The predicted octanol–water partition coefficient (Wildman–Crippen LogP) is 7.19. The fourth-order valence-corrected chi connectivity index (χ4v) is 4.24. The molecule has 1 aromatic heterocycles. The molecule has 4 aromatic rings. The number of nitrogens with one attached hydrogen (secondary N) is 3. The number of hydrogen-bond acceptors (Lipinski definition) is 3. The second-order valence-electron chi connectivity index (χ2n) is 8.32. The maximum atomic E-state index is 13.3. The standard InChI is InChI=1S/C26H25FN4O2/c27-18-11-13-20(14-12-18)33-24-16-22-21(29-25(30-22)17-7-3-1-4-8-17)15-23(24)31-26(32)28-19-9-5-2-6-10-19/h2,5-6,9-17H,1,3-4,7-8H2,(H,29,30)(H2,28,31,32). The number of nitrogens with zero attached hydrogens (tertiary/aromatic N) is 1. The van der Waals surface area contributed by atoms with Gasteiger partial charge in [0.1, 0.15) is 17.4 Å². The Kier molecular flexibility index (Phi) is 5.93. The summed E-state index contributed by atoms with van der Waals surface area (Å²) in [5.74, 6) is 1.96. The second kappa shape index (κ2) is 9.32. The highest BCUT2D eigenvalue weighted by Gasteiger charge is 2.20. The van der Waals surface area contributed by atoms with E-state index >= 15 is 0 Å². The lowest BCUT2D eigenvalue weighted by Gasteiger charge is -2.18. The third-order valence-electron chi connectivity index (χ3n) is 5.91. The van der Waals surface area contributed by atoms with Gasteiger partial charge >= 0.3 is 6.03 Å². The Labute approximate surface area is 191 Å². The molecule has 1 saturated carbocycles. The van der Waals surface area contributed by atoms with E-state index < -0.39 is 6.03 Å². The van der Waals surface area contributed by atoms with Gasteiger partial charge in [0, 0.05) is 17.7 Å². The van der Waals surface area contributed by atoms with Crippen molar-refractivity contribution in [2.75, 3.05) is 10.6 Å². The summed E-state index contributed by atoms with van der Waals surface area (Å²) in [7, 11) is 0. The van der Waals surface area contributed by atoms with Gasteiger partial charge in [0.25, 0.3) is 0 Å². The third kappa shape index (κ3) is 4.98. The molecule has 33 heavy (non-hydrogen) atoms. The molecule has 1 aliphatic carbocycles. The molecule has 168 valence electrons. The quantitative estimate of drug-likeness (QED) is 0.305. The number of halogens is 1. The Morgan fingerprint density at radius 2 is 1.73 bits per heavy atom. The summed E-state index contributed by atoms with van der Waals surface area (Å²) >= 11 is 0. The molecule has 0 atom stereocenters. The van der Waals surface area contributed by atoms with Crippen LogP contribution in [0, 0.1) is 5.82 Å². The maximum absolute atomic E-state index is 13.3. The van der Waals surface area contributed by atoms with Gasteiger partial charge in [0.2, 0.25) is 0 Å². The van der Waals surface area contributed by atoms with Crippen LogP contribution >= 0.6 is 0 Å². The highest BCUT2D eigenvalue weighted by molar-refractivity contribution is 6.02. The summed E-state index contributed by atoms with van der Waals surface area (Å²) < 4.78 is 19.4. The van der Waals surface area contributed by atoms with Crippen molar-refractivity contribution in [3.63, 3.8) is 0 Å². The highest BCUT2D eigenvalue weighted by Crippen LogP contribution is 2.36. The first-order valence-electron chi connectivity index (χ1n) is 11.2. The molecule has 6 nitrogen and oxygen atoms in total. The SMILES string of the molecule is O=C(Nc1ccccc1)Nc1cc2nc(C3CCCCC3)[nH]c2cc1Oc1ccc(F)cc1. The van der Waals surface area contributed by atoms with Crippen molar-refractivity contribution in [2.24, 2.45) is 0 Å². The smallest absolute Gasteiger partial charge is 0.323 e. The van der Waals surface area contributed by atoms with Gasteiger partial charge in [-0.15, -0.1) is 0 Å². The van der Waals surface area contributed by atoms with Crippen molar-refractivity contribution in [2.45, 2.75) is 38.0 Å². The zero-order valence-corrected chi connectivity index (χ0v) is 18.1. The lowest BCUT2D eigenvalue weighted by atomic mass is 9.89. The Bertz CT molecular complexity index is 1250. The van der Waals surface area contributed by atoms with Gasteiger partial charge in [-0.25, -0.2) is 14.2 Å². The van der Waals surface area contributed by atoms with Crippen molar-refractivity contribution in [3.05, 3.63) is 78.4 Å². The van der Waals surface area contributed by atoms with Crippen LogP contribution in [0.3, 0.4) is 0 Å². The summed E-state index contributed by atoms with van der Waals surface area (Å²) in [6.45, 7) is 0. The summed E-state index contributed by atoms with van der Waals surface area (Å²) in [4.78, 5) is 20.9. The van der Waals surface area contributed by atoms with E-state index in [0.29, 0.717) is 28.8 Å². The fraction of sp³-hybridized carbons (Fsp3) is 0.231. The van der Waals surface area contributed by atoms with E-state index in [9.17, 15) is 9.18 Å². The van der Waals surface area contributed by atoms with Crippen LogP contribution in [0.2, 0.25) is 0 Å². The minimum atomic E-state index is -0.396. The largest absolute Gasteiger partial charge is 0.455 e. The molecule has 3 N–H and O–H groups in total. The summed E-state index contributed by atoms with van der Waals surface area (Å²) in [6.07, 6.45) is 5.96. The Hall–Kier alpha value is -3.87.